The van der Waals surface area contributed by atoms with Crippen molar-refractivity contribution in [3.63, 3.8) is 0 Å². The van der Waals surface area contributed by atoms with Gasteiger partial charge in [0.2, 0.25) is 0 Å². The minimum atomic E-state index is -0.734. The van der Waals surface area contributed by atoms with E-state index in [0.717, 1.165) is 0 Å². The standard InChI is InChI=1S/C36H23N2P/c1-2-7-26-21-35-33-17-16-30(31-10-3-11-32(36(31)33)34(35)20-25(26)6-1)24-12-14-27(15-13-24)39(28-8-4-18-37-22-28)29-9-5-19-38-23-29/h1-23H. The minimum Gasteiger partial charge on any atom is -0.264 e. The number of benzene rings is 5. The van der Waals surface area contributed by atoms with Gasteiger partial charge in [0.1, 0.15) is 0 Å². The second-order valence-electron chi connectivity index (χ2n) is 9.94. The Morgan fingerprint density at radius 1 is 0.436 bits per heavy atom. The van der Waals surface area contributed by atoms with Crippen molar-refractivity contribution in [1.29, 1.82) is 0 Å². The van der Waals surface area contributed by atoms with E-state index in [1.807, 2.05) is 36.9 Å². The van der Waals surface area contributed by atoms with Crippen LogP contribution in [0, 0.1) is 0 Å². The van der Waals surface area contributed by atoms with Gasteiger partial charge in [0, 0.05) is 35.4 Å². The van der Waals surface area contributed by atoms with Crippen LogP contribution in [0.2, 0.25) is 0 Å². The maximum absolute atomic E-state index is 4.41. The van der Waals surface area contributed by atoms with Gasteiger partial charge in [-0.25, -0.2) is 0 Å². The summed E-state index contributed by atoms with van der Waals surface area (Å²) in [4.78, 5) is 8.82. The van der Waals surface area contributed by atoms with Crippen LogP contribution in [-0.2, 0) is 0 Å². The summed E-state index contributed by atoms with van der Waals surface area (Å²) in [6.45, 7) is 0. The lowest BCUT2D eigenvalue weighted by Gasteiger charge is -2.19. The van der Waals surface area contributed by atoms with E-state index in [4.69, 9.17) is 0 Å². The molecule has 0 spiro atoms. The fourth-order valence-corrected chi connectivity index (χ4v) is 8.18. The molecule has 1 aliphatic carbocycles. The zero-order chi connectivity index (χ0) is 25.8. The molecule has 0 aliphatic heterocycles. The summed E-state index contributed by atoms with van der Waals surface area (Å²) in [5, 5.41) is 8.98. The molecular formula is C36H23N2P. The molecule has 0 saturated carbocycles. The summed E-state index contributed by atoms with van der Waals surface area (Å²) in [7, 11) is -0.734. The summed E-state index contributed by atoms with van der Waals surface area (Å²) in [5.41, 5.74) is 7.83. The number of hydrogen-bond acceptors (Lipinski definition) is 2. The monoisotopic (exact) mass is 514 g/mol. The molecule has 7 aromatic rings. The number of aromatic nitrogens is 2. The zero-order valence-electron chi connectivity index (χ0n) is 21.1. The molecule has 0 amide bonds. The van der Waals surface area contributed by atoms with Gasteiger partial charge in [-0.15, -0.1) is 0 Å². The van der Waals surface area contributed by atoms with E-state index >= 15 is 0 Å². The third-order valence-electron chi connectivity index (χ3n) is 7.75. The largest absolute Gasteiger partial charge is 0.264 e. The van der Waals surface area contributed by atoms with Gasteiger partial charge >= 0.3 is 0 Å². The normalized spacial score (nSPS) is 11.8. The minimum absolute atomic E-state index is 0.734. The van der Waals surface area contributed by atoms with E-state index in [1.165, 1.54) is 70.8 Å². The molecule has 0 bridgehead atoms. The van der Waals surface area contributed by atoms with Gasteiger partial charge < -0.3 is 0 Å². The maximum Gasteiger partial charge on any atom is 0.0351 e. The first-order valence-corrected chi connectivity index (χ1v) is 14.5. The van der Waals surface area contributed by atoms with Crippen LogP contribution in [0.3, 0.4) is 0 Å². The van der Waals surface area contributed by atoms with Gasteiger partial charge in [-0.05, 0) is 92.4 Å². The Hall–Kier alpha value is -4.65. The van der Waals surface area contributed by atoms with Crippen molar-refractivity contribution in [2.45, 2.75) is 0 Å². The van der Waals surface area contributed by atoms with Crippen molar-refractivity contribution >= 4 is 45.4 Å². The predicted molar refractivity (Wildman–Crippen MR) is 166 cm³/mol. The van der Waals surface area contributed by atoms with Crippen LogP contribution in [0.1, 0.15) is 0 Å². The first-order chi connectivity index (χ1) is 19.3. The van der Waals surface area contributed by atoms with Crippen LogP contribution >= 0.6 is 7.92 Å². The van der Waals surface area contributed by atoms with Gasteiger partial charge in [0.25, 0.3) is 0 Å². The van der Waals surface area contributed by atoms with E-state index in [0.29, 0.717) is 0 Å². The first-order valence-electron chi connectivity index (χ1n) is 13.1. The lowest BCUT2D eigenvalue weighted by atomic mass is 9.94. The third-order valence-corrected chi connectivity index (χ3v) is 10.1. The summed E-state index contributed by atoms with van der Waals surface area (Å²) in [6.07, 6.45) is 7.63. The second kappa shape index (κ2) is 8.98. The molecule has 5 aromatic carbocycles. The van der Waals surface area contributed by atoms with Crippen molar-refractivity contribution in [3.05, 3.63) is 140 Å². The molecule has 0 fully saturated rings. The molecule has 39 heavy (non-hydrogen) atoms. The highest BCUT2D eigenvalue weighted by molar-refractivity contribution is 7.79. The van der Waals surface area contributed by atoms with Crippen molar-refractivity contribution in [2.75, 3.05) is 0 Å². The Kier molecular flexibility index (Phi) is 5.14. The number of rotatable bonds is 4. The van der Waals surface area contributed by atoms with E-state index < -0.39 is 7.92 Å². The molecule has 2 aromatic heterocycles. The molecule has 0 saturated heterocycles. The third kappa shape index (κ3) is 3.61. The predicted octanol–water partition coefficient (Wildman–Crippen LogP) is 7.86. The Bertz CT molecular complexity index is 1910. The first kappa shape index (κ1) is 22.3. The maximum atomic E-state index is 4.41. The molecule has 2 heterocycles. The molecule has 1 aliphatic rings. The number of nitrogens with zero attached hydrogens (tertiary/aromatic N) is 2. The Morgan fingerprint density at radius 3 is 1.67 bits per heavy atom. The van der Waals surface area contributed by atoms with Crippen molar-refractivity contribution in [2.24, 2.45) is 0 Å². The number of hydrogen-bond donors (Lipinski definition) is 0. The van der Waals surface area contributed by atoms with E-state index in [-0.39, 0.29) is 0 Å². The average molecular weight is 515 g/mol. The summed E-state index contributed by atoms with van der Waals surface area (Å²) in [5.74, 6) is 0. The molecule has 182 valence electrons. The highest BCUT2D eigenvalue weighted by Crippen LogP contribution is 2.50. The van der Waals surface area contributed by atoms with Gasteiger partial charge in [0.05, 0.1) is 0 Å². The van der Waals surface area contributed by atoms with Crippen molar-refractivity contribution in [1.82, 2.24) is 9.97 Å². The van der Waals surface area contributed by atoms with E-state index in [9.17, 15) is 0 Å². The molecule has 0 N–H and O–H groups in total. The number of fused-ring (bicyclic) bond motifs is 4. The topological polar surface area (TPSA) is 25.8 Å². The van der Waals surface area contributed by atoms with Crippen molar-refractivity contribution < 1.29 is 0 Å². The Labute approximate surface area is 228 Å². The van der Waals surface area contributed by atoms with Gasteiger partial charge in [0.15, 0.2) is 0 Å². The van der Waals surface area contributed by atoms with Crippen LogP contribution in [-0.4, -0.2) is 9.97 Å². The Morgan fingerprint density at radius 2 is 1.05 bits per heavy atom. The van der Waals surface area contributed by atoms with Crippen LogP contribution in [0.4, 0.5) is 0 Å². The van der Waals surface area contributed by atoms with E-state index in [2.05, 4.69) is 113 Å². The zero-order valence-corrected chi connectivity index (χ0v) is 22.0. The summed E-state index contributed by atoms with van der Waals surface area (Å²) < 4.78 is 0. The molecular weight excluding hydrogens is 491 g/mol. The smallest absolute Gasteiger partial charge is 0.0351 e. The lowest BCUT2D eigenvalue weighted by molar-refractivity contribution is 1.34. The highest BCUT2D eigenvalue weighted by atomic mass is 31.1. The molecule has 0 atom stereocenters. The fraction of sp³-hybridized carbons (Fsp3) is 0. The summed E-state index contributed by atoms with van der Waals surface area (Å²) in [6, 6.07) is 42.2. The summed E-state index contributed by atoms with van der Waals surface area (Å²) >= 11 is 0. The molecule has 2 nitrogen and oxygen atoms in total. The molecule has 0 unspecified atom stereocenters. The second-order valence-corrected chi connectivity index (χ2v) is 12.2. The molecule has 8 rings (SSSR count). The van der Waals surface area contributed by atoms with Gasteiger partial charge in [-0.2, -0.15) is 0 Å². The van der Waals surface area contributed by atoms with Crippen molar-refractivity contribution in [3.8, 4) is 33.4 Å². The lowest BCUT2D eigenvalue weighted by Crippen LogP contribution is -2.21. The van der Waals surface area contributed by atoms with Crippen LogP contribution in [0.5, 0.6) is 0 Å². The van der Waals surface area contributed by atoms with Gasteiger partial charge in [-0.1, -0.05) is 91.0 Å². The quantitative estimate of drug-likeness (QED) is 0.224. The Balaban J connectivity index is 1.25. The number of pyridine rings is 2. The van der Waals surface area contributed by atoms with E-state index in [1.54, 1.807) is 0 Å². The SMILES string of the molecule is c1cncc(P(c2ccc(-c3ccc4c5c(cccc35)-c3cc5ccccc5cc3-4)cc2)c2cccnc2)c1. The van der Waals surface area contributed by atoms with Crippen LogP contribution < -0.4 is 15.9 Å². The fourth-order valence-electron chi connectivity index (χ4n) is 6.00. The molecule has 0 radical (unpaired) electrons. The average Bonchev–Trinajstić information content (AvgIpc) is 3.32. The van der Waals surface area contributed by atoms with Gasteiger partial charge in [-0.3, -0.25) is 9.97 Å². The highest BCUT2D eigenvalue weighted by Gasteiger charge is 2.23. The van der Waals surface area contributed by atoms with Crippen LogP contribution in [0.25, 0.3) is 54.9 Å². The van der Waals surface area contributed by atoms with Crippen LogP contribution in [0.15, 0.2) is 140 Å². The molecule has 3 heteroatoms.